The predicted octanol–water partition coefficient (Wildman–Crippen LogP) is 3.73. The van der Waals surface area contributed by atoms with Crippen molar-refractivity contribution >= 4 is 17.0 Å². The number of nitrogens with zero attached hydrogens (tertiary/aromatic N) is 5. The van der Waals surface area contributed by atoms with E-state index in [0.717, 1.165) is 17.8 Å². The zero-order chi connectivity index (χ0) is 21.8. The summed E-state index contributed by atoms with van der Waals surface area (Å²) in [4.78, 5) is 22.1. The van der Waals surface area contributed by atoms with Gasteiger partial charge in [-0.25, -0.2) is 4.98 Å². The number of rotatable bonds is 7. The second kappa shape index (κ2) is 9.06. The monoisotopic (exact) mass is 405 g/mol. The first kappa shape index (κ1) is 21.5. The normalized spacial score (nSPS) is 11.3. The molecule has 0 spiro atoms. The van der Waals surface area contributed by atoms with E-state index in [2.05, 4.69) is 16.2 Å². The lowest BCUT2D eigenvalue weighted by Gasteiger charge is -2.25. The van der Waals surface area contributed by atoms with Crippen molar-refractivity contribution in [3.05, 3.63) is 58.4 Å². The molecule has 1 amide bonds. The quantitative estimate of drug-likeness (QED) is 0.595. The Morgan fingerprint density at radius 3 is 2.50 bits per heavy atom. The Morgan fingerprint density at radius 2 is 1.90 bits per heavy atom. The van der Waals surface area contributed by atoms with Crippen molar-refractivity contribution in [1.82, 2.24) is 19.9 Å². The standard InChI is InChI=1S/C23H27N5O2/c1-15(2)20-12-19(21-16(3)26-30-22(21)25-20)23(29)28(11-10-27(4)5)14-18-8-6-17(13-24)7-9-18/h6-9,12,15H,10-11,14H2,1-5H3. The van der Waals surface area contributed by atoms with Gasteiger partial charge in [0.1, 0.15) is 0 Å². The van der Waals surface area contributed by atoms with Gasteiger partial charge in [0, 0.05) is 25.3 Å². The van der Waals surface area contributed by atoms with E-state index in [1.54, 1.807) is 12.1 Å². The molecule has 0 radical (unpaired) electrons. The highest BCUT2D eigenvalue weighted by Gasteiger charge is 2.24. The second-order valence-corrected chi connectivity index (χ2v) is 8.04. The van der Waals surface area contributed by atoms with E-state index >= 15 is 0 Å². The lowest BCUT2D eigenvalue weighted by Crippen LogP contribution is -2.36. The summed E-state index contributed by atoms with van der Waals surface area (Å²) in [5, 5.41) is 13.7. The van der Waals surface area contributed by atoms with Crippen LogP contribution in [0.3, 0.4) is 0 Å². The molecule has 0 fully saturated rings. The van der Waals surface area contributed by atoms with Crippen molar-refractivity contribution < 1.29 is 9.32 Å². The Hall–Kier alpha value is -3.24. The number of aryl methyl sites for hydroxylation is 1. The SMILES string of the molecule is Cc1noc2nc(C(C)C)cc(C(=O)N(CCN(C)C)Cc3ccc(C#N)cc3)c12. The van der Waals surface area contributed by atoms with Crippen LogP contribution in [0.4, 0.5) is 0 Å². The molecule has 0 bridgehead atoms. The van der Waals surface area contributed by atoms with Crippen LogP contribution in [0.25, 0.3) is 11.1 Å². The van der Waals surface area contributed by atoms with Gasteiger partial charge in [-0.3, -0.25) is 4.79 Å². The molecule has 0 aliphatic heterocycles. The molecule has 0 saturated heterocycles. The molecule has 7 heteroatoms. The summed E-state index contributed by atoms with van der Waals surface area (Å²) in [6.45, 7) is 7.64. The molecule has 0 N–H and O–H groups in total. The molecule has 3 aromatic rings. The van der Waals surface area contributed by atoms with E-state index in [1.165, 1.54) is 0 Å². The van der Waals surface area contributed by atoms with Crippen LogP contribution in [-0.4, -0.2) is 53.0 Å². The maximum atomic E-state index is 13.7. The van der Waals surface area contributed by atoms with E-state index in [0.29, 0.717) is 41.0 Å². The summed E-state index contributed by atoms with van der Waals surface area (Å²) in [5.41, 5.74) is 3.98. The van der Waals surface area contributed by atoms with Crippen LogP contribution < -0.4 is 0 Å². The Bertz CT molecular complexity index is 1080. The number of pyridine rings is 1. The molecule has 0 aliphatic rings. The molecule has 0 aliphatic carbocycles. The highest BCUT2D eigenvalue weighted by atomic mass is 16.5. The van der Waals surface area contributed by atoms with Gasteiger partial charge in [-0.15, -0.1) is 0 Å². The van der Waals surface area contributed by atoms with Gasteiger partial charge in [0.25, 0.3) is 11.6 Å². The summed E-state index contributed by atoms with van der Waals surface area (Å²) < 4.78 is 5.38. The van der Waals surface area contributed by atoms with Crippen molar-refractivity contribution in [3.63, 3.8) is 0 Å². The number of nitriles is 1. The number of amides is 1. The molecule has 0 saturated carbocycles. The molecule has 0 atom stereocenters. The molecule has 7 nitrogen and oxygen atoms in total. The maximum absolute atomic E-state index is 13.7. The lowest BCUT2D eigenvalue weighted by atomic mass is 10.0. The fraction of sp³-hybridized carbons (Fsp3) is 0.391. The van der Waals surface area contributed by atoms with Crippen molar-refractivity contribution in [3.8, 4) is 6.07 Å². The van der Waals surface area contributed by atoms with Crippen molar-refractivity contribution in [1.29, 1.82) is 5.26 Å². The molecule has 2 heterocycles. The van der Waals surface area contributed by atoms with E-state index < -0.39 is 0 Å². The van der Waals surface area contributed by atoms with Crippen LogP contribution in [0.5, 0.6) is 0 Å². The summed E-state index contributed by atoms with van der Waals surface area (Å²) >= 11 is 0. The van der Waals surface area contributed by atoms with Gasteiger partial charge < -0.3 is 14.3 Å². The van der Waals surface area contributed by atoms with Crippen LogP contribution in [0.2, 0.25) is 0 Å². The Labute approximate surface area is 176 Å². The molecule has 3 rings (SSSR count). The average Bonchev–Trinajstić information content (AvgIpc) is 3.11. The zero-order valence-electron chi connectivity index (χ0n) is 18.1. The van der Waals surface area contributed by atoms with Crippen LogP contribution in [-0.2, 0) is 6.54 Å². The van der Waals surface area contributed by atoms with Gasteiger partial charge in [0.05, 0.1) is 28.3 Å². The number of hydrogen-bond donors (Lipinski definition) is 0. The van der Waals surface area contributed by atoms with Crippen LogP contribution in [0.1, 0.15) is 52.6 Å². The molecule has 0 unspecified atom stereocenters. The fourth-order valence-electron chi connectivity index (χ4n) is 3.23. The number of benzene rings is 1. The fourth-order valence-corrected chi connectivity index (χ4v) is 3.23. The van der Waals surface area contributed by atoms with Gasteiger partial charge in [0.2, 0.25) is 0 Å². The van der Waals surface area contributed by atoms with E-state index in [-0.39, 0.29) is 11.8 Å². The van der Waals surface area contributed by atoms with Crippen LogP contribution in [0, 0.1) is 18.3 Å². The first-order chi connectivity index (χ1) is 14.3. The van der Waals surface area contributed by atoms with Crippen LogP contribution >= 0.6 is 0 Å². The number of fused-ring (bicyclic) bond motifs is 1. The second-order valence-electron chi connectivity index (χ2n) is 8.04. The lowest BCUT2D eigenvalue weighted by molar-refractivity contribution is 0.0733. The Kier molecular flexibility index (Phi) is 6.48. The predicted molar refractivity (Wildman–Crippen MR) is 115 cm³/mol. The number of carbonyl (C=O) groups excluding carboxylic acids is 1. The summed E-state index contributed by atoms with van der Waals surface area (Å²) in [5.74, 6) is 0.0712. The maximum Gasteiger partial charge on any atom is 0.259 e. The van der Waals surface area contributed by atoms with Gasteiger partial charge in [0.15, 0.2) is 0 Å². The van der Waals surface area contributed by atoms with Gasteiger partial charge in [-0.05, 0) is 50.7 Å². The van der Waals surface area contributed by atoms with Gasteiger partial charge in [-0.1, -0.05) is 31.1 Å². The van der Waals surface area contributed by atoms with E-state index in [1.807, 2.05) is 62.9 Å². The minimum Gasteiger partial charge on any atom is -0.336 e. The van der Waals surface area contributed by atoms with E-state index in [4.69, 9.17) is 9.78 Å². The average molecular weight is 406 g/mol. The minimum absolute atomic E-state index is 0.0817. The molecular formula is C23H27N5O2. The number of likely N-dealkylation sites (N-methyl/N-ethyl adjacent to an activating group) is 1. The highest BCUT2D eigenvalue weighted by Crippen LogP contribution is 2.26. The summed E-state index contributed by atoms with van der Waals surface area (Å²) in [6.07, 6.45) is 0. The smallest absolute Gasteiger partial charge is 0.259 e. The highest BCUT2D eigenvalue weighted by molar-refractivity contribution is 6.06. The van der Waals surface area contributed by atoms with Crippen molar-refractivity contribution in [2.45, 2.75) is 33.2 Å². The summed E-state index contributed by atoms with van der Waals surface area (Å²) in [7, 11) is 3.96. The van der Waals surface area contributed by atoms with Crippen molar-refractivity contribution in [2.24, 2.45) is 0 Å². The largest absolute Gasteiger partial charge is 0.336 e. The van der Waals surface area contributed by atoms with Gasteiger partial charge >= 0.3 is 0 Å². The third-order valence-electron chi connectivity index (χ3n) is 5.02. The molecular weight excluding hydrogens is 378 g/mol. The zero-order valence-corrected chi connectivity index (χ0v) is 18.1. The number of hydrogen-bond acceptors (Lipinski definition) is 6. The third-order valence-corrected chi connectivity index (χ3v) is 5.02. The summed E-state index contributed by atoms with van der Waals surface area (Å²) in [6, 6.07) is 11.3. The number of aromatic nitrogens is 2. The third kappa shape index (κ3) is 4.66. The minimum atomic E-state index is -0.0817. The van der Waals surface area contributed by atoms with E-state index in [9.17, 15) is 4.79 Å². The Balaban J connectivity index is 2.01. The first-order valence-electron chi connectivity index (χ1n) is 10.00. The number of carbonyl (C=O) groups is 1. The van der Waals surface area contributed by atoms with Gasteiger partial charge in [-0.2, -0.15) is 5.26 Å². The molecule has 1 aromatic carbocycles. The molecule has 156 valence electrons. The Morgan fingerprint density at radius 1 is 1.20 bits per heavy atom. The first-order valence-corrected chi connectivity index (χ1v) is 10.00. The van der Waals surface area contributed by atoms with Crippen LogP contribution in [0.15, 0.2) is 34.9 Å². The molecule has 2 aromatic heterocycles. The topological polar surface area (TPSA) is 86.3 Å². The molecule has 30 heavy (non-hydrogen) atoms. The van der Waals surface area contributed by atoms with Crippen molar-refractivity contribution in [2.75, 3.05) is 27.2 Å².